The Morgan fingerprint density at radius 2 is 1.32 bits per heavy atom. The van der Waals surface area contributed by atoms with Gasteiger partial charge in [0, 0.05) is 0 Å². The lowest BCUT2D eigenvalue weighted by Gasteiger charge is -2.15. The molecule has 0 saturated carbocycles. The van der Waals surface area contributed by atoms with Crippen LogP contribution >= 0.6 is 0 Å². The minimum absolute atomic E-state index is 0.336. The normalized spacial score (nSPS) is 10.4. The van der Waals surface area contributed by atoms with Gasteiger partial charge < -0.3 is 5.11 Å². The summed E-state index contributed by atoms with van der Waals surface area (Å²) in [4.78, 5) is 11.6. The largest absolute Gasteiger partial charge is 0.478 e. The maximum Gasteiger partial charge on any atom is 0.336 e. The molecule has 0 radical (unpaired) electrons. The molecule has 0 spiro atoms. The number of benzene rings is 3. The van der Waals surface area contributed by atoms with Gasteiger partial charge in [0.1, 0.15) is 0 Å². The molecular weight excluding hydrogens is 272 g/mol. The SMILES string of the molecule is Cc1c(-c2ccccc2)ccc(C(=O)O)c1-c1ccccc1. The van der Waals surface area contributed by atoms with Crippen molar-refractivity contribution in [2.24, 2.45) is 0 Å². The molecule has 3 aromatic carbocycles. The van der Waals surface area contributed by atoms with Gasteiger partial charge in [-0.25, -0.2) is 4.79 Å². The quantitative estimate of drug-likeness (QED) is 0.734. The van der Waals surface area contributed by atoms with Gasteiger partial charge in [-0.05, 0) is 40.8 Å². The van der Waals surface area contributed by atoms with Gasteiger partial charge >= 0.3 is 5.97 Å². The summed E-state index contributed by atoms with van der Waals surface area (Å²) in [6, 6.07) is 23.3. The molecule has 0 aliphatic rings. The lowest BCUT2D eigenvalue weighted by Crippen LogP contribution is -2.02. The van der Waals surface area contributed by atoms with Crippen LogP contribution < -0.4 is 0 Å². The van der Waals surface area contributed by atoms with E-state index in [0.29, 0.717) is 5.56 Å². The van der Waals surface area contributed by atoms with Crippen LogP contribution in [-0.2, 0) is 0 Å². The third-order valence-electron chi connectivity index (χ3n) is 3.84. The van der Waals surface area contributed by atoms with Gasteiger partial charge in [0.25, 0.3) is 0 Å². The van der Waals surface area contributed by atoms with Crippen molar-refractivity contribution in [3.63, 3.8) is 0 Å². The topological polar surface area (TPSA) is 37.3 Å². The Hall–Kier alpha value is -2.87. The van der Waals surface area contributed by atoms with Gasteiger partial charge in [-0.15, -0.1) is 0 Å². The molecule has 0 saturated heterocycles. The Bertz CT molecular complexity index is 806. The van der Waals surface area contributed by atoms with E-state index < -0.39 is 5.97 Å². The molecule has 0 fully saturated rings. The van der Waals surface area contributed by atoms with E-state index >= 15 is 0 Å². The molecule has 0 unspecified atom stereocenters. The molecule has 0 aliphatic carbocycles. The van der Waals surface area contributed by atoms with Crippen molar-refractivity contribution in [1.29, 1.82) is 0 Å². The summed E-state index contributed by atoms with van der Waals surface area (Å²) in [6.45, 7) is 1.98. The van der Waals surface area contributed by atoms with E-state index in [9.17, 15) is 9.90 Å². The van der Waals surface area contributed by atoms with Crippen LogP contribution in [0.5, 0.6) is 0 Å². The van der Waals surface area contributed by atoms with E-state index in [1.807, 2.05) is 73.7 Å². The third kappa shape index (κ3) is 2.51. The lowest BCUT2D eigenvalue weighted by molar-refractivity contribution is 0.0697. The Labute approximate surface area is 129 Å². The van der Waals surface area contributed by atoms with Gasteiger partial charge in [0.15, 0.2) is 0 Å². The first-order valence-corrected chi connectivity index (χ1v) is 7.16. The first-order valence-electron chi connectivity index (χ1n) is 7.16. The molecule has 0 heterocycles. The molecule has 22 heavy (non-hydrogen) atoms. The van der Waals surface area contributed by atoms with Crippen molar-refractivity contribution in [2.45, 2.75) is 6.92 Å². The molecule has 3 rings (SSSR count). The summed E-state index contributed by atoms with van der Waals surface area (Å²) in [7, 11) is 0. The zero-order valence-electron chi connectivity index (χ0n) is 12.3. The van der Waals surface area contributed by atoms with Crippen LogP contribution in [0, 0.1) is 6.92 Å². The predicted molar refractivity (Wildman–Crippen MR) is 89.0 cm³/mol. The standard InChI is InChI=1S/C20H16O2/c1-14-17(15-8-4-2-5-9-15)12-13-18(20(21)22)19(14)16-10-6-3-7-11-16/h2-13H,1H3,(H,21,22). The second kappa shape index (κ2) is 5.86. The second-order valence-corrected chi connectivity index (χ2v) is 5.20. The summed E-state index contributed by atoms with van der Waals surface area (Å²) in [5.74, 6) is -0.901. The molecule has 1 N–H and O–H groups in total. The third-order valence-corrected chi connectivity index (χ3v) is 3.84. The van der Waals surface area contributed by atoms with Crippen molar-refractivity contribution in [1.82, 2.24) is 0 Å². The predicted octanol–water partition coefficient (Wildman–Crippen LogP) is 5.03. The number of carbonyl (C=O) groups is 1. The molecule has 3 aromatic rings. The highest BCUT2D eigenvalue weighted by atomic mass is 16.4. The van der Waals surface area contributed by atoms with Crippen LogP contribution in [0.2, 0.25) is 0 Å². The van der Waals surface area contributed by atoms with Crippen LogP contribution in [0.25, 0.3) is 22.3 Å². The lowest BCUT2D eigenvalue weighted by atomic mass is 9.89. The van der Waals surface area contributed by atoms with Gasteiger partial charge in [-0.1, -0.05) is 66.7 Å². The molecule has 2 heteroatoms. The van der Waals surface area contributed by atoms with Gasteiger partial charge in [0.2, 0.25) is 0 Å². The number of carboxylic acid groups (broad SMARTS) is 1. The minimum Gasteiger partial charge on any atom is -0.478 e. The van der Waals surface area contributed by atoms with Crippen molar-refractivity contribution in [3.8, 4) is 22.3 Å². The first-order chi connectivity index (χ1) is 10.7. The van der Waals surface area contributed by atoms with Crippen molar-refractivity contribution in [3.05, 3.63) is 83.9 Å². The van der Waals surface area contributed by atoms with Gasteiger partial charge in [-0.3, -0.25) is 0 Å². The van der Waals surface area contributed by atoms with Gasteiger partial charge in [0.05, 0.1) is 5.56 Å². The fraction of sp³-hybridized carbons (Fsp3) is 0.0500. The molecular formula is C20H16O2. The molecule has 0 atom stereocenters. The molecule has 108 valence electrons. The van der Waals surface area contributed by atoms with Crippen LogP contribution in [-0.4, -0.2) is 11.1 Å². The maximum atomic E-state index is 11.6. The summed E-state index contributed by atoms with van der Waals surface area (Å²) < 4.78 is 0. The molecule has 0 aliphatic heterocycles. The van der Waals surface area contributed by atoms with E-state index in [-0.39, 0.29) is 0 Å². The fourth-order valence-corrected chi connectivity index (χ4v) is 2.80. The molecule has 0 aromatic heterocycles. The van der Waals surface area contributed by atoms with E-state index in [1.54, 1.807) is 6.07 Å². The Morgan fingerprint density at radius 1 is 0.773 bits per heavy atom. The van der Waals surface area contributed by atoms with E-state index in [2.05, 4.69) is 0 Å². The average molecular weight is 288 g/mol. The van der Waals surface area contributed by atoms with Crippen molar-refractivity contribution >= 4 is 5.97 Å². The smallest absolute Gasteiger partial charge is 0.336 e. The van der Waals surface area contributed by atoms with Gasteiger partial charge in [-0.2, -0.15) is 0 Å². The number of hydrogen-bond acceptors (Lipinski definition) is 1. The zero-order chi connectivity index (χ0) is 15.5. The summed E-state index contributed by atoms with van der Waals surface area (Å²) in [6.07, 6.45) is 0. The van der Waals surface area contributed by atoms with E-state index in [1.165, 1.54) is 0 Å². The van der Waals surface area contributed by atoms with Crippen LogP contribution in [0.1, 0.15) is 15.9 Å². The fourth-order valence-electron chi connectivity index (χ4n) is 2.80. The second-order valence-electron chi connectivity index (χ2n) is 5.20. The van der Waals surface area contributed by atoms with Crippen LogP contribution in [0.4, 0.5) is 0 Å². The van der Waals surface area contributed by atoms with E-state index in [0.717, 1.165) is 27.8 Å². The molecule has 0 amide bonds. The zero-order valence-corrected chi connectivity index (χ0v) is 12.3. The highest BCUT2D eigenvalue weighted by Gasteiger charge is 2.17. The summed E-state index contributed by atoms with van der Waals surface area (Å²) in [5, 5.41) is 9.51. The van der Waals surface area contributed by atoms with Crippen molar-refractivity contribution < 1.29 is 9.90 Å². The number of aromatic carboxylic acids is 1. The first kappa shape index (κ1) is 14.1. The van der Waals surface area contributed by atoms with Crippen LogP contribution in [0.15, 0.2) is 72.8 Å². The van der Waals surface area contributed by atoms with E-state index in [4.69, 9.17) is 0 Å². The Balaban J connectivity index is 2.28. The highest BCUT2D eigenvalue weighted by molar-refractivity contribution is 5.99. The van der Waals surface area contributed by atoms with Crippen LogP contribution in [0.3, 0.4) is 0 Å². The Kier molecular flexibility index (Phi) is 3.75. The monoisotopic (exact) mass is 288 g/mol. The highest BCUT2D eigenvalue weighted by Crippen LogP contribution is 2.34. The molecule has 0 bridgehead atoms. The number of carboxylic acids is 1. The number of hydrogen-bond donors (Lipinski definition) is 1. The summed E-state index contributed by atoms with van der Waals surface area (Å²) in [5.41, 5.74) is 5.18. The molecule has 2 nitrogen and oxygen atoms in total. The average Bonchev–Trinajstić information content (AvgIpc) is 2.56. The Morgan fingerprint density at radius 3 is 1.86 bits per heavy atom. The van der Waals surface area contributed by atoms with Crippen molar-refractivity contribution in [2.75, 3.05) is 0 Å². The summed E-state index contributed by atoms with van der Waals surface area (Å²) >= 11 is 0. The maximum absolute atomic E-state index is 11.6. The number of rotatable bonds is 3. The minimum atomic E-state index is -0.901.